The molecular formula is C25H26ClN5O4S. The molecule has 1 amide bonds. The number of carbonyl (C=O) groups is 1. The summed E-state index contributed by atoms with van der Waals surface area (Å²) in [6, 6.07) is 12.5. The summed E-state index contributed by atoms with van der Waals surface area (Å²) in [6.45, 7) is 1.00. The maximum atomic E-state index is 13.2. The smallest absolute Gasteiger partial charge is 0.261 e. The number of likely N-dealkylation sites (N-methyl/N-ethyl adjacent to an activating group) is 1. The predicted octanol–water partition coefficient (Wildman–Crippen LogP) is 2.72. The van der Waals surface area contributed by atoms with Crippen molar-refractivity contribution in [2.75, 3.05) is 26.4 Å². The second-order valence-electron chi connectivity index (χ2n) is 9.07. The molecule has 2 aromatic carbocycles. The first-order chi connectivity index (χ1) is 17.1. The van der Waals surface area contributed by atoms with Gasteiger partial charge in [0.2, 0.25) is 15.9 Å². The Morgan fingerprint density at radius 3 is 2.58 bits per heavy atom. The number of halogens is 1. The first-order valence-corrected chi connectivity index (χ1v) is 13.7. The number of nitrogens with zero attached hydrogens (tertiary/aromatic N) is 5. The number of rotatable bonds is 6. The van der Waals surface area contributed by atoms with Crippen LogP contribution in [0.3, 0.4) is 0 Å². The molecule has 11 heteroatoms. The number of fused-ring (bicyclic) bond motifs is 1. The molecule has 0 saturated carbocycles. The maximum absolute atomic E-state index is 13.2. The third-order valence-electron chi connectivity index (χ3n) is 6.55. The molecule has 36 heavy (non-hydrogen) atoms. The summed E-state index contributed by atoms with van der Waals surface area (Å²) >= 11 is 6.09. The third kappa shape index (κ3) is 5.59. The van der Waals surface area contributed by atoms with Gasteiger partial charge in [0, 0.05) is 26.7 Å². The van der Waals surface area contributed by atoms with Gasteiger partial charge in [0.25, 0.3) is 5.56 Å². The number of piperidine rings is 1. The van der Waals surface area contributed by atoms with E-state index in [0.29, 0.717) is 47.4 Å². The molecule has 0 spiro atoms. The van der Waals surface area contributed by atoms with Crippen molar-refractivity contribution < 1.29 is 13.2 Å². The molecule has 0 radical (unpaired) electrons. The zero-order valence-electron chi connectivity index (χ0n) is 20.0. The van der Waals surface area contributed by atoms with E-state index in [0.717, 1.165) is 11.1 Å². The van der Waals surface area contributed by atoms with E-state index in [1.165, 1.54) is 26.4 Å². The Labute approximate surface area is 214 Å². The van der Waals surface area contributed by atoms with Crippen molar-refractivity contribution in [3.05, 3.63) is 74.8 Å². The SMILES string of the molecule is CN(Cc1ccc(C#N)c(Cl)c1)C(=O)Cn1cnc2ccc(C3CCN(S(C)(=O)=O)CC3)cc2c1=O. The molecule has 188 valence electrons. The van der Waals surface area contributed by atoms with Gasteiger partial charge in [-0.2, -0.15) is 5.26 Å². The van der Waals surface area contributed by atoms with Gasteiger partial charge in [-0.3, -0.25) is 14.2 Å². The second-order valence-corrected chi connectivity index (χ2v) is 11.5. The number of sulfonamides is 1. The van der Waals surface area contributed by atoms with Crippen LogP contribution in [0.25, 0.3) is 10.9 Å². The van der Waals surface area contributed by atoms with Crippen LogP contribution in [0.2, 0.25) is 5.02 Å². The van der Waals surface area contributed by atoms with Crippen LogP contribution < -0.4 is 5.56 Å². The molecule has 0 N–H and O–H groups in total. The van der Waals surface area contributed by atoms with Gasteiger partial charge in [0.05, 0.1) is 34.1 Å². The highest BCUT2D eigenvalue weighted by atomic mass is 35.5. The van der Waals surface area contributed by atoms with Crippen LogP contribution in [0, 0.1) is 11.3 Å². The highest BCUT2D eigenvalue weighted by Gasteiger charge is 2.26. The first-order valence-electron chi connectivity index (χ1n) is 11.4. The van der Waals surface area contributed by atoms with Crippen molar-refractivity contribution in [3.8, 4) is 6.07 Å². The minimum absolute atomic E-state index is 0.146. The second kappa shape index (κ2) is 10.4. The van der Waals surface area contributed by atoms with Gasteiger partial charge >= 0.3 is 0 Å². The lowest BCUT2D eigenvalue weighted by Crippen LogP contribution is -2.37. The Morgan fingerprint density at radius 1 is 1.22 bits per heavy atom. The van der Waals surface area contributed by atoms with Crippen molar-refractivity contribution in [3.63, 3.8) is 0 Å². The number of amides is 1. The maximum Gasteiger partial charge on any atom is 0.261 e. The molecule has 2 heterocycles. The zero-order chi connectivity index (χ0) is 26.0. The van der Waals surface area contributed by atoms with Crippen LogP contribution in [0.5, 0.6) is 0 Å². The lowest BCUT2D eigenvalue weighted by Gasteiger charge is -2.30. The quantitative estimate of drug-likeness (QED) is 0.486. The molecule has 1 aliphatic heterocycles. The lowest BCUT2D eigenvalue weighted by molar-refractivity contribution is -0.131. The van der Waals surface area contributed by atoms with Gasteiger partial charge < -0.3 is 4.90 Å². The molecule has 0 bridgehead atoms. The van der Waals surface area contributed by atoms with E-state index >= 15 is 0 Å². The average molecular weight is 528 g/mol. The summed E-state index contributed by atoms with van der Waals surface area (Å²) in [4.78, 5) is 31.9. The van der Waals surface area contributed by atoms with E-state index in [4.69, 9.17) is 16.9 Å². The van der Waals surface area contributed by atoms with Crippen LogP contribution in [0.4, 0.5) is 0 Å². The van der Waals surface area contributed by atoms with Crippen LogP contribution in [0.1, 0.15) is 35.4 Å². The molecule has 0 aliphatic carbocycles. The van der Waals surface area contributed by atoms with E-state index in [9.17, 15) is 18.0 Å². The number of benzene rings is 2. The van der Waals surface area contributed by atoms with Gasteiger partial charge in [0.1, 0.15) is 12.6 Å². The van der Waals surface area contributed by atoms with Gasteiger partial charge in [-0.1, -0.05) is 23.7 Å². The standard InChI is InChI=1S/C25H26ClN5O4S/c1-29(14-17-3-4-20(13-27)22(26)11-17)24(32)15-30-16-28-23-6-5-19(12-21(23)25(30)33)18-7-9-31(10-8-18)36(2,34)35/h3-6,11-12,16,18H,7-10,14-15H2,1-2H3. The van der Waals surface area contributed by atoms with E-state index < -0.39 is 10.0 Å². The average Bonchev–Trinajstić information content (AvgIpc) is 2.85. The predicted molar refractivity (Wildman–Crippen MR) is 137 cm³/mol. The van der Waals surface area contributed by atoms with Crippen molar-refractivity contribution in [1.82, 2.24) is 18.8 Å². The summed E-state index contributed by atoms with van der Waals surface area (Å²) in [7, 11) is -1.57. The Bertz CT molecular complexity index is 1520. The highest BCUT2D eigenvalue weighted by molar-refractivity contribution is 7.88. The van der Waals surface area contributed by atoms with E-state index in [-0.39, 0.29) is 30.5 Å². The topological polar surface area (TPSA) is 116 Å². The van der Waals surface area contributed by atoms with Crippen LogP contribution in [-0.4, -0.2) is 59.5 Å². The molecule has 1 aromatic heterocycles. The number of hydrogen-bond acceptors (Lipinski definition) is 6. The van der Waals surface area contributed by atoms with Crippen molar-refractivity contribution in [2.45, 2.75) is 31.8 Å². The Morgan fingerprint density at radius 2 is 1.94 bits per heavy atom. The Hall–Kier alpha value is -3.26. The fourth-order valence-corrected chi connectivity index (χ4v) is 5.56. The van der Waals surface area contributed by atoms with Crippen LogP contribution in [-0.2, 0) is 27.9 Å². The Balaban J connectivity index is 1.49. The van der Waals surface area contributed by atoms with E-state index in [1.807, 2.05) is 18.2 Å². The molecule has 4 rings (SSSR count). The number of hydrogen-bond donors (Lipinski definition) is 0. The minimum Gasteiger partial charge on any atom is -0.340 e. The van der Waals surface area contributed by atoms with Gasteiger partial charge in [-0.15, -0.1) is 0 Å². The molecule has 1 saturated heterocycles. The molecule has 0 atom stereocenters. The summed E-state index contributed by atoms with van der Waals surface area (Å²) in [5, 5.41) is 9.76. The molecular weight excluding hydrogens is 502 g/mol. The highest BCUT2D eigenvalue weighted by Crippen LogP contribution is 2.30. The molecule has 3 aromatic rings. The van der Waals surface area contributed by atoms with E-state index in [1.54, 1.807) is 31.3 Å². The van der Waals surface area contributed by atoms with Crippen molar-refractivity contribution >= 4 is 38.4 Å². The zero-order valence-corrected chi connectivity index (χ0v) is 21.6. The molecule has 1 fully saturated rings. The number of carbonyl (C=O) groups excluding carboxylic acids is 1. The monoisotopic (exact) mass is 527 g/mol. The summed E-state index contributed by atoms with van der Waals surface area (Å²) in [6.07, 6.45) is 3.94. The van der Waals surface area contributed by atoms with Crippen molar-refractivity contribution in [1.29, 1.82) is 5.26 Å². The third-order valence-corrected chi connectivity index (χ3v) is 8.16. The summed E-state index contributed by atoms with van der Waals surface area (Å²) in [5.74, 6) is -0.129. The normalized spacial score (nSPS) is 15.1. The van der Waals surface area contributed by atoms with E-state index in [2.05, 4.69) is 4.98 Å². The fraction of sp³-hybridized carbons (Fsp3) is 0.360. The Kier molecular flexibility index (Phi) is 7.45. The summed E-state index contributed by atoms with van der Waals surface area (Å²) < 4.78 is 26.4. The molecule has 9 nitrogen and oxygen atoms in total. The van der Waals surface area contributed by atoms with Gasteiger partial charge in [0.15, 0.2) is 0 Å². The molecule has 0 unspecified atom stereocenters. The van der Waals surface area contributed by atoms with Crippen molar-refractivity contribution in [2.24, 2.45) is 0 Å². The lowest BCUT2D eigenvalue weighted by atomic mass is 9.89. The van der Waals surface area contributed by atoms with Crippen LogP contribution in [0.15, 0.2) is 47.5 Å². The number of aromatic nitrogens is 2. The fourth-order valence-electron chi connectivity index (χ4n) is 4.44. The molecule has 1 aliphatic rings. The number of nitriles is 1. The van der Waals surface area contributed by atoms with Gasteiger partial charge in [-0.25, -0.2) is 17.7 Å². The summed E-state index contributed by atoms with van der Waals surface area (Å²) in [5.41, 5.74) is 2.34. The van der Waals surface area contributed by atoms with Crippen LogP contribution >= 0.6 is 11.6 Å². The minimum atomic E-state index is -3.21. The largest absolute Gasteiger partial charge is 0.340 e. The van der Waals surface area contributed by atoms with Gasteiger partial charge in [-0.05, 0) is 54.2 Å². The first kappa shape index (κ1) is 25.8.